The van der Waals surface area contributed by atoms with Crippen LogP contribution >= 0.6 is 12.2 Å². The third-order valence-corrected chi connectivity index (χ3v) is 4.45. The van der Waals surface area contributed by atoms with Crippen LogP contribution < -0.4 is 4.72 Å². The van der Waals surface area contributed by atoms with E-state index < -0.39 is 10.0 Å². The molecule has 21 heavy (non-hydrogen) atoms. The summed E-state index contributed by atoms with van der Waals surface area (Å²) in [5.74, 6) is 0. The molecule has 110 valence electrons. The number of ether oxygens (including phenoxy) is 1. The first kappa shape index (κ1) is 15.5. The Morgan fingerprint density at radius 3 is 2.29 bits per heavy atom. The van der Waals surface area contributed by atoms with Gasteiger partial charge in [0.2, 0.25) is 0 Å². The number of sulfonamides is 1. The molecule has 0 radical (unpaired) electrons. The Morgan fingerprint density at radius 2 is 1.71 bits per heavy atom. The Bertz CT molecular complexity index is 710. The van der Waals surface area contributed by atoms with Gasteiger partial charge in [0.1, 0.15) is 0 Å². The fourth-order valence-electron chi connectivity index (χ4n) is 1.70. The quantitative estimate of drug-likeness (QED) is 0.859. The van der Waals surface area contributed by atoms with Crippen LogP contribution in [0.1, 0.15) is 12.5 Å². The maximum absolute atomic E-state index is 12.2. The molecule has 0 saturated heterocycles. The summed E-state index contributed by atoms with van der Waals surface area (Å²) in [7, 11) is -3.60. The van der Waals surface area contributed by atoms with Gasteiger partial charge in [-0.05, 0) is 55.5 Å². The maximum atomic E-state index is 12.2. The molecule has 0 amide bonds. The molecule has 0 spiro atoms. The van der Waals surface area contributed by atoms with Gasteiger partial charge in [-0.3, -0.25) is 4.72 Å². The van der Waals surface area contributed by atoms with Gasteiger partial charge in [0, 0.05) is 11.3 Å². The topological polar surface area (TPSA) is 55.4 Å². The number of hydrogen-bond acceptors (Lipinski definition) is 4. The van der Waals surface area contributed by atoms with E-state index in [-0.39, 0.29) is 4.90 Å². The van der Waals surface area contributed by atoms with Crippen molar-refractivity contribution in [2.24, 2.45) is 0 Å². The summed E-state index contributed by atoms with van der Waals surface area (Å²) in [4.78, 5) is 0.175. The average Bonchev–Trinajstić information content (AvgIpc) is 2.48. The lowest BCUT2D eigenvalue weighted by atomic mass is 10.2. The molecule has 0 bridgehead atoms. The van der Waals surface area contributed by atoms with Crippen LogP contribution in [0.15, 0.2) is 59.5 Å². The van der Waals surface area contributed by atoms with E-state index in [9.17, 15) is 8.42 Å². The van der Waals surface area contributed by atoms with Crippen molar-refractivity contribution in [3.63, 3.8) is 0 Å². The summed E-state index contributed by atoms with van der Waals surface area (Å²) < 4.78 is 32.2. The van der Waals surface area contributed by atoms with Crippen molar-refractivity contribution in [1.82, 2.24) is 0 Å². The lowest BCUT2D eigenvalue weighted by molar-refractivity contribution is 0.337. The largest absolute Gasteiger partial charge is 0.483 e. The molecule has 0 aliphatic heterocycles. The second kappa shape index (κ2) is 6.69. The first-order valence-electron chi connectivity index (χ1n) is 6.38. The lowest BCUT2D eigenvalue weighted by Crippen LogP contribution is -2.13. The summed E-state index contributed by atoms with van der Waals surface area (Å²) in [5.41, 5.74) is 1.21. The smallest absolute Gasteiger partial charge is 0.261 e. The van der Waals surface area contributed by atoms with E-state index in [1.807, 2.05) is 13.0 Å². The first-order valence-corrected chi connectivity index (χ1v) is 8.27. The van der Waals surface area contributed by atoms with Crippen LogP contribution in [0.25, 0.3) is 0 Å². The van der Waals surface area contributed by atoms with Crippen LogP contribution in [0.5, 0.6) is 0 Å². The minimum absolute atomic E-state index is 0.175. The van der Waals surface area contributed by atoms with E-state index in [4.69, 9.17) is 17.0 Å². The molecule has 2 aromatic carbocycles. The number of rotatable bonds is 5. The number of para-hydroxylation sites is 1. The maximum Gasteiger partial charge on any atom is 0.261 e. The molecule has 0 unspecified atom stereocenters. The van der Waals surface area contributed by atoms with Crippen LogP contribution in [0.4, 0.5) is 5.69 Å². The fraction of sp³-hybridized carbons (Fsp3) is 0.133. The van der Waals surface area contributed by atoms with Crippen LogP contribution in [0.3, 0.4) is 0 Å². The molecule has 4 nitrogen and oxygen atoms in total. The molecule has 0 aliphatic carbocycles. The SMILES string of the molecule is CCOC(=S)c1ccc(S(=O)(=O)Nc2ccccc2)cc1. The standard InChI is InChI=1S/C15H15NO3S2/c1-2-19-15(20)12-8-10-14(11-9-12)21(17,18)16-13-6-4-3-5-7-13/h3-11,16H,2H2,1H3. The van der Waals surface area contributed by atoms with E-state index in [0.29, 0.717) is 22.9 Å². The van der Waals surface area contributed by atoms with E-state index in [1.165, 1.54) is 12.1 Å². The van der Waals surface area contributed by atoms with Gasteiger partial charge in [-0.2, -0.15) is 0 Å². The highest BCUT2D eigenvalue weighted by Crippen LogP contribution is 2.16. The highest BCUT2D eigenvalue weighted by atomic mass is 32.2. The molecule has 0 saturated carbocycles. The van der Waals surface area contributed by atoms with Crippen LogP contribution in [-0.2, 0) is 14.8 Å². The highest BCUT2D eigenvalue weighted by molar-refractivity contribution is 7.92. The fourth-order valence-corrected chi connectivity index (χ4v) is 3.02. The summed E-state index contributed by atoms with van der Waals surface area (Å²) in [6, 6.07) is 15.0. The molecule has 0 heterocycles. The monoisotopic (exact) mass is 321 g/mol. The Kier molecular flexibility index (Phi) is 4.93. The van der Waals surface area contributed by atoms with Gasteiger partial charge in [-0.15, -0.1) is 0 Å². The molecule has 2 rings (SSSR count). The summed E-state index contributed by atoms with van der Waals surface area (Å²) in [6.45, 7) is 2.32. The first-order chi connectivity index (χ1) is 10.0. The number of hydrogen-bond donors (Lipinski definition) is 1. The predicted molar refractivity (Wildman–Crippen MR) is 87.0 cm³/mol. The third-order valence-electron chi connectivity index (χ3n) is 2.70. The molecule has 2 aromatic rings. The summed E-state index contributed by atoms with van der Waals surface area (Å²) in [5, 5.41) is 0.359. The van der Waals surface area contributed by atoms with Gasteiger partial charge in [0.15, 0.2) is 5.05 Å². The molecular formula is C15H15NO3S2. The van der Waals surface area contributed by atoms with Crippen LogP contribution in [0.2, 0.25) is 0 Å². The number of nitrogens with one attached hydrogen (secondary N) is 1. The van der Waals surface area contributed by atoms with Crippen molar-refractivity contribution in [3.8, 4) is 0 Å². The van der Waals surface area contributed by atoms with Gasteiger partial charge in [-0.1, -0.05) is 18.2 Å². The van der Waals surface area contributed by atoms with E-state index in [2.05, 4.69) is 4.72 Å². The van der Waals surface area contributed by atoms with Crippen molar-refractivity contribution < 1.29 is 13.2 Å². The van der Waals surface area contributed by atoms with Gasteiger partial charge in [0.25, 0.3) is 10.0 Å². The highest BCUT2D eigenvalue weighted by Gasteiger charge is 2.14. The summed E-state index contributed by atoms with van der Waals surface area (Å²) in [6.07, 6.45) is 0. The minimum atomic E-state index is -3.60. The third kappa shape index (κ3) is 4.03. The van der Waals surface area contributed by atoms with Gasteiger partial charge in [0.05, 0.1) is 11.5 Å². The number of anilines is 1. The minimum Gasteiger partial charge on any atom is -0.483 e. The molecule has 1 N–H and O–H groups in total. The second-order valence-corrected chi connectivity index (χ2v) is 6.27. The van der Waals surface area contributed by atoms with Crippen molar-refractivity contribution in [2.45, 2.75) is 11.8 Å². The average molecular weight is 321 g/mol. The van der Waals surface area contributed by atoms with E-state index >= 15 is 0 Å². The van der Waals surface area contributed by atoms with Crippen LogP contribution in [0, 0.1) is 0 Å². The van der Waals surface area contributed by atoms with E-state index in [0.717, 1.165) is 0 Å². The molecule has 0 atom stereocenters. The zero-order chi connectivity index (χ0) is 15.3. The molecule has 0 fully saturated rings. The lowest BCUT2D eigenvalue weighted by Gasteiger charge is -2.09. The molecule has 6 heteroatoms. The summed E-state index contributed by atoms with van der Waals surface area (Å²) >= 11 is 5.07. The van der Waals surface area contributed by atoms with Gasteiger partial charge >= 0.3 is 0 Å². The Hall–Kier alpha value is -1.92. The molecule has 0 aromatic heterocycles. The number of thiocarbonyl (C=S) groups is 1. The normalized spacial score (nSPS) is 10.9. The molecule has 0 aliphatic rings. The van der Waals surface area contributed by atoms with Crippen LogP contribution in [-0.4, -0.2) is 20.1 Å². The van der Waals surface area contributed by atoms with Crippen molar-refractivity contribution in [1.29, 1.82) is 0 Å². The van der Waals surface area contributed by atoms with Crippen molar-refractivity contribution >= 4 is 33.0 Å². The Labute approximate surface area is 129 Å². The van der Waals surface area contributed by atoms with Crippen molar-refractivity contribution in [2.75, 3.05) is 11.3 Å². The molecular weight excluding hydrogens is 306 g/mol. The number of benzene rings is 2. The van der Waals surface area contributed by atoms with Gasteiger partial charge in [-0.25, -0.2) is 8.42 Å². The zero-order valence-corrected chi connectivity index (χ0v) is 13.1. The zero-order valence-electron chi connectivity index (χ0n) is 11.4. The second-order valence-electron chi connectivity index (χ2n) is 4.22. The Balaban J connectivity index is 2.19. The van der Waals surface area contributed by atoms with E-state index in [1.54, 1.807) is 36.4 Å². The Morgan fingerprint density at radius 1 is 1.10 bits per heavy atom. The predicted octanol–water partition coefficient (Wildman–Crippen LogP) is 3.20. The van der Waals surface area contributed by atoms with Gasteiger partial charge < -0.3 is 4.74 Å². The van der Waals surface area contributed by atoms with Crippen molar-refractivity contribution in [3.05, 3.63) is 60.2 Å².